The average Bonchev–Trinajstić information content (AvgIpc) is 2.53. The molecule has 0 fully saturated rings. The van der Waals surface area contributed by atoms with Gasteiger partial charge in [-0.05, 0) is 38.1 Å². The standard InChI is InChI=1S/C17H15N3O2/c1-17(2)16-15(19-12-6-7-18-9-13(12)20-16)11-8-10(21-3)4-5-14(11)22-17/h4-9H,1-3H3. The number of nitrogens with zero attached hydrogens (tertiary/aromatic N) is 3. The fourth-order valence-electron chi connectivity index (χ4n) is 2.75. The lowest BCUT2D eigenvalue weighted by Gasteiger charge is -2.33. The number of methoxy groups -OCH3 is 1. The number of aromatic nitrogens is 3. The molecular formula is C17H15N3O2. The first-order valence-corrected chi connectivity index (χ1v) is 7.08. The van der Waals surface area contributed by atoms with E-state index in [2.05, 4.69) is 4.98 Å². The lowest BCUT2D eigenvalue weighted by atomic mass is 9.94. The summed E-state index contributed by atoms with van der Waals surface area (Å²) in [5, 5.41) is 0. The Morgan fingerprint density at radius 2 is 1.95 bits per heavy atom. The van der Waals surface area contributed by atoms with Crippen LogP contribution in [0, 0.1) is 0 Å². The molecule has 22 heavy (non-hydrogen) atoms. The van der Waals surface area contributed by atoms with Crippen LogP contribution in [-0.2, 0) is 5.60 Å². The molecule has 110 valence electrons. The summed E-state index contributed by atoms with van der Waals surface area (Å²) in [6.45, 7) is 3.99. The predicted molar refractivity (Wildman–Crippen MR) is 83.0 cm³/mol. The highest BCUT2D eigenvalue weighted by Crippen LogP contribution is 2.44. The van der Waals surface area contributed by atoms with Crippen LogP contribution in [0.15, 0.2) is 36.7 Å². The molecule has 5 nitrogen and oxygen atoms in total. The third kappa shape index (κ3) is 1.82. The quantitative estimate of drug-likeness (QED) is 0.689. The normalized spacial score (nSPS) is 14.9. The van der Waals surface area contributed by atoms with E-state index in [0.717, 1.165) is 39.5 Å². The number of benzene rings is 1. The van der Waals surface area contributed by atoms with Gasteiger partial charge in [0.1, 0.15) is 34.0 Å². The van der Waals surface area contributed by atoms with Gasteiger partial charge in [0.05, 0.1) is 18.8 Å². The Kier molecular flexibility index (Phi) is 2.60. The van der Waals surface area contributed by atoms with Crippen molar-refractivity contribution in [3.63, 3.8) is 0 Å². The van der Waals surface area contributed by atoms with Crippen LogP contribution < -0.4 is 9.47 Å². The maximum Gasteiger partial charge on any atom is 0.147 e. The third-order valence-corrected chi connectivity index (χ3v) is 3.84. The van der Waals surface area contributed by atoms with Crippen LogP contribution in [0.4, 0.5) is 0 Å². The molecule has 1 aliphatic heterocycles. The van der Waals surface area contributed by atoms with Crippen molar-refractivity contribution in [3.8, 4) is 22.8 Å². The molecule has 1 aliphatic rings. The lowest BCUT2D eigenvalue weighted by Crippen LogP contribution is -2.31. The summed E-state index contributed by atoms with van der Waals surface area (Å²) in [4.78, 5) is 13.6. The topological polar surface area (TPSA) is 57.1 Å². The minimum Gasteiger partial charge on any atom is -0.497 e. The fraction of sp³-hybridized carbons (Fsp3) is 0.235. The molecule has 0 unspecified atom stereocenters. The highest BCUT2D eigenvalue weighted by molar-refractivity contribution is 5.81. The SMILES string of the molecule is COc1ccc2c(c1)-c1nc3ccncc3nc1C(C)(C)O2. The van der Waals surface area contributed by atoms with Gasteiger partial charge in [-0.15, -0.1) is 0 Å². The molecule has 0 amide bonds. The highest BCUT2D eigenvalue weighted by Gasteiger charge is 2.35. The zero-order valence-electron chi connectivity index (χ0n) is 12.6. The zero-order valence-corrected chi connectivity index (χ0v) is 12.6. The minimum atomic E-state index is -0.548. The van der Waals surface area contributed by atoms with Gasteiger partial charge in [-0.25, -0.2) is 9.97 Å². The van der Waals surface area contributed by atoms with E-state index in [-0.39, 0.29) is 0 Å². The molecule has 0 saturated heterocycles. The Morgan fingerprint density at radius 3 is 2.77 bits per heavy atom. The Labute approximate surface area is 128 Å². The maximum atomic E-state index is 6.12. The molecule has 1 aromatic carbocycles. The summed E-state index contributed by atoms with van der Waals surface area (Å²) in [5.41, 5.74) is 3.59. The second-order valence-electron chi connectivity index (χ2n) is 5.76. The van der Waals surface area contributed by atoms with Crippen molar-refractivity contribution in [2.24, 2.45) is 0 Å². The van der Waals surface area contributed by atoms with Gasteiger partial charge in [0.2, 0.25) is 0 Å². The Bertz CT molecular complexity index is 890. The second kappa shape index (κ2) is 4.40. The number of fused-ring (bicyclic) bond motifs is 4. The van der Waals surface area contributed by atoms with Crippen molar-refractivity contribution >= 4 is 11.0 Å². The van der Waals surface area contributed by atoms with Gasteiger partial charge in [-0.3, -0.25) is 4.98 Å². The van der Waals surface area contributed by atoms with Crippen LogP contribution >= 0.6 is 0 Å². The van der Waals surface area contributed by atoms with Crippen molar-refractivity contribution in [1.29, 1.82) is 0 Å². The highest BCUT2D eigenvalue weighted by atomic mass is 16.5. The summed E-state index contributed by atoms with van der Waals surface area (Å²) in [7, 11) is 1.65. The number of hydrogen-bond acceptors (Lipinski definition) is 5. The second-order valence-corrected chi connectivity index (χ2v) is 5.76. The number of rotatable bonds is 1. The molecule has 0 aliphatic carbocycles. The van der Waals surface area contributed by atoms with Crippen LogP contribution in [0.5, 0.6) is 11.5 Å². The molecule has 2 aromatic heterocycles. The van der Waals surface area contributed by atoms with Gasteiger partial charge in [0, 0.05) is 11.8 Å². The zero-order chi connectivity index (χ0) is 15.3. The van der Waals surface area contributed by atoms with Crippen LogP contribution in [0.25, 0.3) is 22.3 Å². The number of ether oxygens (including phenoxy) is 2. The Morgan fingerprint density at radius 1 is 1.09 bits per heavy atom. The van der Waals surface area contributed by atoms with Crippen LogP contribution in [0.1, 0.15) is 19.5 Å². The average molecular weight is 293 g/mol. The first-order chi connectivity index (χ1) is 10.6. The molecular weight excluding hydrogens is 278 g/mol. The largest absolute Gasteiger partial charge is 0.497 e. The van der Waals surface area contributed by atoms with Crippen molar-refractivity contribution in [2.45, 2.75) is 19.4 Å². The van der Waals surface area contributed by atoms with E-state index in [1.54, 1.807) is 19.5 Å². The Balaban J connectivity index is 2.06. The van der Waals surface area contributed by atoms with Crippen molar-refractivity contribution < 1.29 is 9.47 Å². The molecule has 0 spiro atoms. The van der Waals surface area contributed by atoms with E-state index in [1.807, 2.05) is 38.1 Å². The summed E-state index contributed by atoms with van der Waals surface area (Å²) in [6.07, 6.45) is 3.44. The molecule has 3 heterocycles. The summed E-state index contributed by atoms with van der Waals surface area (Å²) in [5.74, 6) is 1.56. The van der Waals surface area contributed by atoms with Gasteiger partial charge in [0.25, 0.3) is 0 Å². The smallest absolute Gasteiger partial charge is 0.147 e. The van der Waals surface area contributed by atoms with E-state index in [9.17, 15) is 0 Å². The lowest BCUT2D eigenvalue weighted by molar-refractivity contribution is 0.100. The first kappa shape index (κ1) is 13.0. The predicted octanol–water partition coefficient (Wildman–Crippen LogP) is 3.33. The molecule has 0 N–H and O–H groups in total. The first-order valence-electron chi connectivity index (χ1n) is 7.08. The number of hydrogen-bond donors (Lipinski definition) is 0. The Hall–Kier alpha value is -2.69. The van der Waals surface area contributed by atoms with Gasteiger partial charge in [0.15, 0.2) is 0 Å². The van der Waals surface area contributed by atoms with Crippen molar-refractivity contribution in [1.82, 2.24) is 15.0 Å². The van der Waals surface area contributed by atoms with Crippen LogP contribution in [-0.4, -0.2) is 22.1 Å². The molecule has 0 radical (unpaired) electrons. The summed E-state index contributed by atoms with van der Waals surface area (Å²) < 4.78 is 11.4. The van der Waals surface area contributed by atoms with E-state index in [1.165, 1.54) is 0 Å². The summed E-state index contributed by atoms with van der Waals surface area (Å²) >= 11 is 0. The van der Waals surface area contributed by atoms with Crippen molar-refractivity contribution in [2.75, 3.05) is 7.11 Å². The maximum absolute atomic E-state index is 6.12. The van der Waals surface area contributed by atoms with Gasteiger partial charge in [-0.1, -0.05) is 0 Å². The molecule has 0 bridgehead atoms. The van der Waals surface area contributed by atoms with Crippen LogP contribution in [0.3, 0.4) is 0 Å². The monoisotopic (exact) mass is 293 g/mol. The van der Waals surface area contributed by atoms with E-state index < -0.39 is 5.60 Å². The summed E-state index contributed by atoms with van der Waals surface area (Å²) in [6, 6.07) is 7.60. The molecule has 0 saturated carbocycles. The fourth-order valence-corrected chi connectivity index (χ4v) is 2.75. The number of pyridine rings is 1. The van der Waals surface area contributed by atoms with Gasteiger partial charge >= 0.3 is 0 Å². The third-order valence-electron chi connectivity index (χ3n) is 3.84. The molecule has 4 rings (SSSR count). The molecule has 5 heteroatoms. The van der Waals surface area contributed by atoms with Crippen molar-refractivity contribution in [3.05, 3.63) is 42.4 Å². The van der Waals surface area contributed by atoms with E-state index in [4.69, 9.17) is 19.4 Å². The van der Waals surface area contributed by atoms with Crippen LogP contribution in [0.2, 0.25) is 0 Å². The molecule has 0 atom stereocenters. The van der Waals surface area contributed by atoms with E-state index >= 15 is 0 Å². The van der Waals surface area contributed by atoms with Gasteiger partial charge < -0.3 is 9.47 Å². The minimum absolute atomic E-state index is 0.548. The van der Waals surface area contributed by atoms with Gasteiger partial charge in [-0.2, -0.15) is 0 Å². The molecule has 3 aromatic rings. The van der Waals surface area contributed by atoms with E-state index in [0.29, 0.717) is 0 Å².